The van der Waals surface area contributed by atoms with Crippen LogP contribution < -0.4 is 5.32 Å². The number of aromatic nitrogens is 3. The highest BCUT2D eigenvalue weighted by Crippen LogP contribution is 2.28. The van der Waals surface area contributed by atoms with Gasteiger partial charge in [-0.1, -0.05) is 36.4 Å². The van der Waals surface area contributed by atoms with Crippen molar-refractivity contribution >= 4 is 22.4 Å². The van der Waals surface area contributed by atoms with Crippen molar-refractivity contribution in [3.63, 3.8) is 0 Å². The highest BCUT2D eigenvalue weighted by atomic mass is 32.1. The summed E-state index contributed by atoms with van der Waals surface area (Å²) in [6, 6.07) is 16.9. The molecule has 4 aromatic rings. The molecule has 0 bridgehead atoms. The van der Waals surface area contributed by atoms with E-state index in [0.29, 0.717) is 6.04 Å². The Labute approximate surface area is 180 Å². The van der Waals surface area contributed by atoms with Crippen molar-refractivity contribution in [1.29, 1.82) is 0 Å². The highest BCUT2D eigenvalue weighted by Gasteiger charge is 2.30. The molecule has 1 aliphatic heterocycles. The number of H-pyrrole nitrogens is 1. The molecule has 0 saturated carbocycles. The molecule has 154 valence electrons. The van der Waals surface area contributed by atoms with E-state index in [-0.39, 0.29) is 12.0 Å². The molecule has 3 N–H and O–H groups in total. The molecule has 1 aliphatic rings. The third-order valence-corrected chi connectivity index (χ3v) is 6.75. The first-order valence-corrected chi connectivity index (χ1v) is 11.5. The first-order chi connectivity index (χ1) is 14.7. The molecule has 1 fully saturated rings. The zero-order valence-corrected chi connectivity index (χ0v) is 17.8. The van der Waals surface area contributed by atoms with Gasteiger partial charge in [-0.25, -0.2) is 9.97 Å². The van der Waals surface area contributed by atoms with Gasteiger partial charge in [0.25, 0.3) is 0 Å². The SMILES string of the molecule is CC(c1cscn1)c1nc2ccc(CC3CC[C@H]([C@H](O)c4ccccc4)N3)cc2[nH]1. The van der Waals surface area contributed by atoms with Gasteiger partial charge in [0.1, 0.15) is 5.82 Å². The molecule has 2 aromatic carbocycles. The number of aliphatic hydroxyl groups excluding tert-OH is 1. The molecule has 0 amide bonds. The Balaban J connectivity index is 1.27. The number of hydrogen-bond donors (Lipinski definition) is 3. The summed E-state index contributed by atoms with van der Waals surface area (Å²) in [7, 11) is 0. The summed E-state index contributed by atoms with van der Waals surface area (Å²) >= 11 is 1.61. The van der Waals surface area contributed by atoms with Crippen LogP contribution in [0, 0.1) is 0 Å². The lowest BCUT2D eigenvalue weighted by Crippen LogP contribution is -2.35. The summed E-state index contributed by atoms with van der Waals surface area (Å²) < 4.78 is 0. The van der Waals surface area contributed by atoms with E-state index in [1.54, 1.807) is 11.3 Å². The monoisotopic (exact) mass is 418 g/mol. The van der Waals surface area contributed by atoms with Gasteiger partial charge in [-0.2, -0.15) is 0 Å². The highest BCUT2D eigenvalue weighted by molar-refractivity contribution is 7.07. The van der Waals surface area contributed by atoms with Crippen LogP contribution in [0.5, 0.6) is 0 Å². The first-order valence-electron chi connectivity index (χ1n) is 10.5. The van der Waals surface area contributed by atoms with Crippen LogP contribution in [0.25, 0.3) is 11.0 Å². The van der Waals surface area contributed by atoms with Crippen LogP contribution in [-0.4, -0.2) is 32.1 Å². The second-order valence-corrected chi connectivity index (χ2v) is 8.93. The number of aliphatic hydroxyl groups is 1. The summed E-state index contributed by atoms with van der Waals surface area (Å²) in [5.41, 5.74) is 7.25. The van der Waals surface area contributed by atoms with Crippen molar-refractivity contribution in [1.82, 2.24) is 20.3 Å². The van der Waals surface area contributed by atoms with Gasteiger partial charge in [0.2, 0.25) is 0 Å². The number of rotatable bonds is 6. The molecule has 0 spiro atoms. The Kier molecular flexibility index (Phi) is 5.37. The van der Waals surface area contributed by atoms with Crippen molar-refractivity contribution in [3.8, 4) is 0 Å². The summed E-state index contributed by atoms with van der Waals surface area (Å²) in [4.78, 5) is 12.7. The van der Waals surface area contributed by atoms with Gasteiger partial charge in [-0.15, -0.1) is 11.3 Å². The fourth-order valence-corrected chi connectivity index (χ4v) is 5.06. The summed E-state index contributed by atoms with van der Waals surface area (Å²) in [6.07, 6.45) is 2.55. The standard InChI is InChI=1S/C24H26N4OS/c1-15(22-13-30-14-25-22)24-27-19-9-7-16(12-21(19)28-24)11-18-8-10-20(26-18)23(29)17-5-3-2-4-6-17/h2-7,9,12-15,18,20,23,26,29H,8,10-11H2,1H3,(H,27,28)/t15?,18?,20-,23-/m1/s1. The van der Waals surface area contributed by atoms with Crippen LogP contribution >= 0.6 is 11.3 Å². The van der Waals surface area contributed by atoms with Gasteiger partial charge in [0.05, 0.1) is 34.3 Å². The molecule has 6 heteroatoms. The van der Waals surface area contributed by atoms with Gasteiger partial charge in [0.15, 0.2) is 0 Å². The Morgan fingerprint density at radius 1 is 1.17 bits per heavy atom. The Hall–Kier alpha value is -2.54. The lowest BCUT2D eigenvalue weighted by molar-refractivity contribution is 0.135. The topological polar surface area (TPSA) is 73.8 Å². The van der Waals surface area contributed by atoms with Crippen LogP contribution in [0.15, 0.2) is 59.4 Å². The van der Waals surface area contributed by atoms with Gasteiger partial charge in [0, 0.05) is 17.5 Å². The Morgan fingerprint density at radius 3 is 2.83 bits per heavy atom. The maximum atomic E-state index is 10.7. The number of thiazole rings is 1. The molecule has 2 unspecified atom stereocenters. The predicted molar refractivity (Wildman–Crippen MR) is 121 cm³/mol. The van der Waals surface area contributed by atoms with E-state index in [1.807, 2.05) is 35.8 Å². The van der Waals surface area contributed by atoms with Gasteiger partial charge >= 0.3 is 0 Å². The number of hydrogen-bond acceptors (Lipinski definition) is 5. The van der Waals surface area contributed by atoms with Crippen LogP contribution in [-0.2, 0) is 6.42 Å². The molecule has 30 heavy (non-hydrogen) atoms. The lowest BCUT2D eigenvalue weighted by Gasteiger charge is -2.20. The van der Waals surface area contributed by atoms with Crippen LogP contribution in [0.4, 0.5) is 0 Å². The fourth-order valence-electron chi connectivity index (χ4n) is 4.41. The second-order valence-electron chi connectivity index (χ2n) is 8.22. The van der Waals surface area contributed by atoms with Gasteiger partial charge < -0.3 is 15.4 Å². The summed E-state index contributed by atoms with van der Waals surface area (Å²) in [5, 5.41) is 16.4. The van der Waals surface area contributed by atoms with E-state index in [9.17, 15) is 5.11 Å². The molecule has 1 saturated heterocycles. The van der Waals surface area contributed by atoms with Crippen LogP contribution in [0.2, 0.25) is 0 Å². The maximum Gasteiger partial charge on any atom is 0.116 e. The van der Waals surface area contributed by atoms with Crippen LogP contribution in [0.3, 0.4) is 0 Å². The van der Waals surface area contributed by atoms with E-state index in [2.05, 4.69) is 45.8 Å². The largest absolute Gasteiger partial charge is 0.387 e. The molecule has 2 aromatic heterocycles. The minimum absolute atomic E-state index is 0.110. The van der Waals surface area contributed by atoms with E-state index in [1.165, 1.54) is 5.56 Å². The number of benzene rings is 2. The Bertz CT molecular complexity index is 1110. The minimum Gasteiger partial charge on any atom is -0.387 e. The smallest absolute Gasteiger partial charge is 0.116 e. The third-order valence-electron chi connectivity index (χ3n) is 6.15. The molecular weight excluding hydrogens is 392 g/mol. The zero-order chi connectivity index (χ0) is 20.5. The average Bonchev–Trinajstić information content (AvgIpc) is 3.53. The van der Waals surface area contributed by atoms with Crippen molar-refractivity contribution in [3.05, 3.63) is 82.1 Å². The van der Waals surface area contributed by atoms with Crippen molar-refractivity contribution < 1.29 is 5.11 Å². The van der Waals surface area contributed by atoms with E-state index in [0.717, 1.165) is 47.4 Å². The molecule has 5 rings (SSSR count). The average molecular weight is 419 g/mol. The number of aromatic amines is 1. The minimum atomic E-state index is -0.457. The second kappa shape index (κ2) is 8.30. The van der Waals surface area contributed by atoms with Gasteiger partial charge in [-0.05, 0) is 49.4 Å². The quantitative estimate of drug-likeness (QED) is 0.429. The fraction of sp³-hybridized carbons (Fsp3) is 0.333. The molecule has 5 nitrogen and oxygen atoms in total. The number of nitrogens with one attached hydrogen (secondary N) is 2. The number of fused-ring (bicyclic) bond motifs is 1. The molecule has 0 radical (unpaired) electrons. The number of nitrogens with zero attached hydrogens (tertiary/aromatic N) is 2. The zero-order valence-electron chi connectivity index (χ0n) is 17.0. The lowest BCUT2D eigenvalue weighted by atomic mass is 10.0. The van der Waals surface area contributed by atoms with Crippen molar-refractivity contribution in [2.45, 2.75) is 50.3 Å². The molecule has 4 atom stereocenters. The van der Waals surface area contributed by atoms with E-state index >= 15 is 0 Å². The summed E-state index contributed by atoms with van der Waals surface area (Å²) in [5.74, 6) is 1.11. The van der Waals surface area contributed by atoms with E-state index in [4.69, 9.17) is 4.98 Å². The predicted octanol–water partition coefficient (Wildman–Crippen LogP) is 4.57. The summed E-state index contributed by atoms with van der Waals surface area (Å²) in [6.45, 7) is 2.13. The third kappa shape index (κ3) is 3.90. The molecular formula is C24H26N4OS. The molecule has 3 heterocycles. The molecule has 0 aliphatic carbocycles. The first kappa shape index (κ1) is 19.4. The maximum absolute atomic E-state index is 10.7. The van der Waals surface area contributed by atoms with Crippen molar-refractivity contribution in [2.75, 3.05) is 0 Å². The normalized spacial score (nSPS) is 21.1. The van der Waals surface area contributed by atoms with Crippen molar-refractivity contribution in [2.24, 2.45) is 0 Å². The van der Waals surface area contributed by atoms with E-state index < -0.39 is 6.10 Å². The van der Waals surface area contributed by atoms with Crippen LogP contribution in [0.1, 0.15) is 54.4 Å². The number of imidazole rings is 1. The Morgan fingerprint density at radius 2 is 2.03 bits per heavy atom. The van der Waals surface area contributed by atoms with Gasteiger partial charge in [-0.3, -0.25) is 0 Å².